The topological polar surface area (TPSA) is 58.2 Å². The minimum atomic E-state index is 0.0701. The Morgan fingerprint density at radius 2 is 1.26 bits per heavy atom. The summed E-state index contributed by atoms with van der Waals surface area (Å²) >= 11 is 0. The van der Waals surface area contributed by atoms with E-state index in [0.29, 0.717) is 12.8 Å². The second kappa shape index (κ2) is 12.5. The van der Waals surface area contributed by atoms with Crippen LogP contribution in [0.25, 0.3) is 0 Å². The molecule has 0 heterocycles. The molecule has 0 fully saturated rings. The van der Waals surface area contributed by atoms with Crippen molar-refractivity contribution < 1.29 is 9.59 Å². The van der Waals surface area contributed by atoms with Crippen molar-refractivity contribution in [3.63, 3.8) is 0 Å². The Morgan fingerprint density at radius 1 is 0.741 bits per heavy atom. The van der Waals surface area contributed by atoms with E-state index >= 15 is 0 Å². The molecule has 0 atom stereocenters. The Balaban J connectivity index is 2.69. The molecule has 0 aromatic heterocycles. The maximum Gasteiger partial charge on any atom is 0.224 e. The predicted octanol–water partition coefficient (Wildman–Crippen LogP) is 6.43. The number of carbonyl (C=O) groups is 2. The van der Waals surface area contributed by atoms with E-state index in [1.54, 1.807) is 0 Å². The summed E-state index contributed by atoms with van der Waals surface area (Å²) in [5.74, 6) is 0.144. The van der Waals surface area contributed by atoms with Gasteiger partial charge < -0.3 is 10.6 Å². The van der Waals surface area contributed by atoms with Gasteiger partial charge in [0.1, 0.15) is 0 Å². The van der Waals surface area contributed by atoms with E-state index in [0.717, 1.165) is 53.7 Å². The maximum absolute atomic E-state index is 12.2. The van der Waals surface area contributed by atoms with Crippen molar-refractivity contribution in [2.45, 2.75) is 98.8 Å². The number of benzene rings is 1. The van der Waals surface area contributed by atoms with E-state index in [1.807, 2.05) is 26.8 Å². The van der Waals surface area contributed by atoms with Gasteiger partial charge in [-0.3, -0.25) is 9.59 Å². The van der Waals surface area contributed by atoms with Crippen molar-refractivity contribution in [2.24, 2.45) is 0 Å². The summed E-state index contributed by atoms with van der Waals surface area (Å²) in [5, 5.41) is 6.12. The second-order valence-corrected chi connectivity index (χ2v) is 7.58. The van der Waals surface area contributed by atoms with Crippen LogP contribution in [0.3, 0.4) is 0 Å². The summed E-state index contributed by atoms with van der Waals surface area (Å²) in [4.78, 5) is 24.4. The zero-order valence-electron chi connectivity index (χ0n) is 18.0. The molecule has 0 aliphatic carbocycles. The van der Waals surface area contributed by atoms with Gasteiger partial charge in [0, 0.05) is 24.2 Å². The van der Waals surface area contributed by atoms with Gasteiger partial charge in [0.25, 0.3) is 0 Å². The van der Waals surface area contributed by atoms with Crippen LogP contribution >= 0.6 is 0 Å². The van der Waals surface area contributed by atoms with E-state index in [1.165, 1.54) is 25.7 Å². The zero-order chi connectivity index (χ0) is 20.2. The monoisotopic (exact) mass is 374 g/mol. The smallest absolute Gasteiger partial charge is 0.224 e. The molecule has 2 amide bonds. The predicted molar refractivity (Wildman–Crippen MR) is 115 cm³/mol. The van der Waals surface area contributed by atoms with Gasteiger partial charge in [-0.05, 0) is 56.4 Å². The molecule has 4 heteroatoms. The van der Waals surface area contributed by atoms with Crippen LogP contribution in [0, 0.1) is 20.8 Å². The molecule has 0 aliphatic heterocycles. The molecule has 0 bridgehead atoms. The number of hydrogen-bond acceptors (Lipinski definition) is 2. The normalized spacial score (nSPS) is 10.7. The molecular weight excluding hydrogens is 336 g/mol. The van der Waals surface area contributed by atoms with Gasteiger partial charge in [0.05, 0.1) is 0 Å². The average molecular weight is 375 g/mol. The fraction of sp³-hybridized carbons (Fsp3) is 0.652. The molecule has 0 aliphatic rings. The summed E-state index contributed by atoms with van der Waals surface area (Å²) in [6, 6.07) is 1.97. The van der Waals surface area contributed by atoms with Crippen LogP contribution in [0.5, 0.6) is 0 Å². The highest BCUT2D eigenvalue weighted by molar-refractivity contribution is 5.95. The number of unbranched alkanes of at least 4 members (excludes halogenated alkanes) is 6. The molecular formula is C23H38N2O2. The summed E-state index contributed by atoms with van der Waals surface area (Å²) in [6.45, 7) is 10.3. The summed E-state index contributed by atoms with van der Waals surface area (Å²) in [7, 11) is 0. The standard InChI is InChI=1S/C23H38N2O2/c1-6-8-10-12-14-21(26)24-20-16-17(3)23(19(5)18(20)4)25-22(27)15-13-11-9-7-2/h16H,6-15H2,1-5H3,(H,24,26)(H,25,27). The van der Waals surface area contributed by atoms with Crippen LogP contribution in [-0.4, -0.2) is 11.8 Å². The van der Waals surface area contributed by atoms with Gasteiger partial charge >= 0.3 is 0 Å². The Morgan fingerprint density at radius 3 is 1.78 bits per heavy atom. The van der Waals surface area contributed by atoms with Gasteiger partial charge in [-0.2, -0.15) is 0 Å². The third kappa shape index (κ3) is 8.15. The van der Waals surface area contributed by atoms with Crippen molar-refractivity contribution in [3.8, 4) is 0 Å². The largest absolute Gasteiger partial charge is 0.326 e. The number of nitrogens with one attached hydrogen (secondary N) is 2. The minimum Gasteiger partial charge on any atom is -0.326 e. The molecule has 27 heavy (non-hydrogen) atoms. The highest BCUT2D eigenvalue weighted by Gasteiger charge is 2.14. The van der Waals surface area contributed by atoms with Gasteiger partial charge in [-0.1, -0.05) is 52.4 Å². The molecule has 1 rings (SSSR count). The summed E-state index contributed by atoms with van der Waals surface area (Å²) < 4.78 is 0. The first kappa shape index (κ1) is 23.2. The zero-order valence-corrected chi connectivity index (χ0v) is 18.0. The van der Waals surface area contributed by atoms with E-state index in [4.69, 9.17) is 0 Å². The molecule has 0 radical (unpaired) electrons. The fourth-order valence-corrected chi connectivity index (χ4v) is 3.24. The Kier molecular flexibility index (Phi) is 10.8. The lowest BCUT2D eigenvalue weighted by Gasteiger charge is -2.18. The van der Waals surface area contributed by atoms with E-state index < -0.39 is 0 Å². The first-order valence-electron chi connectivity index (χ1n) is 10.6. The number of anilines is 2. The first-order valence-corrected chi connectivity index (χ1v) is 10.6. The number of amides is 2. The summed E-state index contributed by atoms with van der Waals surface area (Å²) in [5.41, 5.74) is 4.77. The third-order valence-corrected chi connectivity index (χ3v) is 5.15. The number of aryl methyl sites for hydroxylation is 1. The molecule has 152 valence electrons. The Hall–Kier alpha value is -1.84. The second-order valence-electron chi connectivity index (χ2n) is 7.58. The van der Waals surface area contributed by atoms with Crippen LogP contribution in [0.2, 0.25) is 0 Å². The van der Waals surface area contributed by atoms with Crippen LogP contribution in [-0.2, 0) is 9.59 Å². The lowest BCUT2D eigenvalue weighted by atomic mass is 10.0. The summed E-state index contributed by atoms with van der Waals surface area (Å²) in [6.07, 6.45) is 9.90. The van der Waals surface area contributed by atoms with Gasteiger partial charge in [0.15, 0.2) is 0 Å². The van der Waals surface area contributed by atoms with E-state index in [2.05, 4.69) is 24.5 Å². The van der Waals surface area contributed by atoms with Gasteiger partial charge in [-0.25, -0.2) is 0 Å². The third-order valence-electron chi connectivity index (χ3n) is 5.15. The molecule has 0 saturated carbocycles. The van der Waals surface area contributed by atoms with Crippen LogP contribution in [0.15, 0.2) is 6.07 Å². The lowest BCUT2D eigenvalue weighted by molar-refractivity contribution is -0.117. The van der Waals surface area contributed by atoms with Crippen molar-refractivity contribution in [3.05, 3.63) is 22.8 Å². The Bertz CT molecular complexity index is 623. The first-order chi connectivity index (χ1) is 12.9. The van der Waals surface area contributed by atoms with E-state index in [9.17, 15) is 9.59 Å². The molecule has 0 saturated heterocycles. The Labute approximate surface area is 165 Å². The van der Waals surface area contributed by atoms with Crippen molar-refractivity contribution in [2.75, 3.05) is 10.6 Å². The van der Waals surface area contributed by atoms with Gasteiger partial charge in [-0.15, -0.1) is 0 Å². The molecule has 0 unspecified atom stereocenters. The van der Waals surface area contributed by atoms with Crippen LogP contribution in [0.1, 0.15) is 94.7 Å². The van der Waals surface area contributed by atoms with Gasteiger partial charge in [0.2, 0.25) is 11.8 Å². The highest BCUT2D eigenvalue weighted by Crippen LogP contribution is 2.30. The minimum absolute atomic E-state index is 0.0701. The number of hydrogen-bond donors (Lipinski definition) is 2. The molecule has 4 nitrogen and oxygen atoms in total. The van der Waals surface area contributed by atoms with Crippen LogP contribution in [0.4, 0.5) is 11.4 Å². The van der Waals surface area contributed by atoms with Crippen LogP contribution < -0.4 is 10.6 Å². The highest BCUT2D eigenvalue weighted by atomic mass is 16.2. The van der Waals surface area contributed by atoms with Crippen molar-refractivity contribution in [1.82, 2.24) is 0 Å². The fourth-order valence-electron chi connectivity index (χ4n) is 3.24. The van der Waals surface area contributed by atoms with E-state index in [-0.39, 0.29) is 11.8 Å². The molecule has 1 aromatic carbocycles. The quantitative estimate of drug-likeness (QED) is 0.414. The van der Waals surface area contributed by atoms with Crippen molar-refractivity contribution in [1.29, 1.82) is 0 Å². The molecule has 1 aromatic rings. The average Bonchev–Trinajstić information content (AvgIpc) is 2.64. The SMILES string of the molecule is CCCCCCC(=O)Nc1cc(C)c(NC(=O)CCCCCC)c(C)c1C. The maximum atomic E-state index is 12.2. The molecule has 2 N–H and O–H groups in total. The molecule has 0 spiro atoms. The lowest BCUT2D eigenvalue weighted by Crippen LogP contribution is -2.16. The number of rotatable bonds is 12. The van der Waals surface area contributed by atoms with Crippen molar-refractivity contribution >= 4 is 23.2 Å². The number of carbonyl (C=O) groups excluding carboxylic acids is 2.